The molecule has 0 aliphatic heterocycles. The standard InChI is InChI=1S/C8H10BFO/c1-9-6-4-3-5-7(11-2)8(6)10/h3-5,9H,1-2H3. The molecule has 0 saturated carbocycles. The Balaban J connectivity index is 3.10. The molecule has 0 aromatic heterocycles. The molecule has 0 aliphatic rings. The van der Waals surface area contributed by atoms with Gasteiger partial charge in [0.25, 0.3) is 0 Å². The minimum atomic E-state index is -0.238. The number of hydrogen-bond donors (Lipinski definition) is 0. The van der Waals surface area contributed by atoms with Gasteiger partial charge in [0, 0.05) is 0 Å². The zero-order valence-corrected chi connectivity index (χ0v) is 6.73. The minimum Gasteiger partial charge on any atom is -0.494 e. The summed E-state index contributed by atoms with van der Waals surface area (Å²) >= 11 is 0. The molecule has 0 heterocycles. The van der Waals surface area contributed by atoms with Crippen molar-refractivity contribution in [3.63, 3.8) is 0 Å². The second-order valence-corrected chi connectivity index (χ2v) is 2.29. The average Bonchev–Trinajstić information content (AvgIpc) is 2.05. The van der Waals surface area contributed by atoms with Crippen LogP contribution in [0.1, 0.15) is 0 Å². The van der Waals surface area contributed by atoms with Crippen molar-refractivity contribution in [2.24, 2.45) is 0 Å². The highest BCUT2D eigenvalue weighted by atomic mass is 19.1. The van der Waals surface area contributed by atoms with Crippen LogP contribution in [0.3, 0.4) is 0 Å². The van der Waals surface area contributed by atoms with Crippen molar-refractivity contribution in [2.75, 3.05) is 7.11 Å². The van der Waals surface area contributed by atoms with Gasteiger partial charge in [0.15, 0.2) is 18.8 Å². The molecule has 1 aromatic rings. The number of halogens is 1. The molecule has 0 fully saturated rings. The van der Waals surface area contributed by atoms with Gasteiger partial charge in [0.2, 0.25) is 0 Å². The van der Waals surface area contributed by atoms with E-state index in [1.807, 2.05) is 6.82 Å². The van der Waals surface area contributed by atoms with E-state index in [0.29, 0.717) is 18.5 Å². The molecule has 0 amide bonds. The maximum Gasteiger partial charge on any atom is 0.159 e. The molecular formula is C8H10BFO. The van der Waals surface area contributed by atoms with E-state index in [2.05, 4.69) is 0 Å². The summed E-state index contributed by atoms with van der Waals surface area (Å²) in [6, 6.07) is 5.17. The van der Waals surface area contributed by atoms with Crippen LogP contribution in [-0.4, -0.2) is 14.4 Å². The van der Waals surface area contributed by atoms with Crippen molar-refractivity contribution in [1.82, 2.24) is 0 Å². The van der Waals surface area contributed by atoms with Crippen LogP contribution in [0.5, 0.6) is 5.75 Å². The van der Waals surface area contributed by atoms with Crippen LogP contribution in [0.15, 0.2) is 18.2 Å². The van der Waals surface area contributed by atoms with Crippen LogP contribution in [0.2, 0.25) is 6.82 Å². The molecule has 3 heteroatoms. The SMILES string of the molecule is CBc1cccc(OC)c1F. The van der Waals surface area contributed by atoms with Gasteiger partial charge in [-0.3, -0.25) is 0 Å². The zero-order valence-electron chi connectivity index (χ0n) is 6.73. The molecule has 0 aliphatic carbocycles. The number of rotatable bonds is 2. The van der Waals surface area contributed by atoms with E-state index in [1.165, 1.54) is 7.11 Å². The third-order valence-corrected chi connectivity index (χ3v) is 1.64. The van der Waals surface area contributed by atoms with Gasteiger partial charge in [-0.1, -0.05) is 19.0 Å². The second-order valence-electron chi connectivity index (χ2n) is 2.29. The van der Waals surface area contributed by atoms with Gasteiger partial charge in [0.05, 0.1) is 7.11 Å². The van der Waals surface area contributed by atoms with Gasteiger partial charge in [-0.05, 0) is 11.5 Å². The summed E-state index contributed by atoms with van der Waals surface area (Å²) < 4.78 is 18.0. The zero-order chi connectivity index (χ0) is 8.27. The van der Waals surface area contributed by atoms with Crippen molar-refractivity contribution in [3.8, 4) is 5.75 Å². The molecule has 0 spiro atoms. The highest BCUT2D eigenvalue weighted by molar-refractivity contribution is 6.52. The highest BCUT2D eigenvalue weighted by Gasteiger charge is 2.05. The molecule has 0 atom stereocenters. The molecule has 0 bridgehead atoms. The van der Waals surface area contributed by atoms with Crippen LogP contribution in [-0.2, 0) is 0 Å². The Morgan fingerprint density at radius 1 is 1.45 bits per heavy atom. The summed E-state index contributed by atoms with van der Waals surface area (Å²) in [5, 5.41) is 0. The van der Waals surface area contributed by atoms with E-state index < -0.39 is 0 Å². The summed E-state index contributed by atoms with van der Waals surface area (Å²) in [5.41, 5.74) is 0.698. The lowest BCUT2D eigenvalue weighted by Gasteiger charge is -2.03. The van der Waals surface area contributed by atoms with E-state index in [-0.39, 0.29) is 5.82 Å². The number of methoxy groups -OCH3 is 1. The molecule has 1 rings (SSSR count). The van der Waals surface area contributed by atoms with Crippen molar-refractivity contribution >= 4 is 12.7 Å². The molecule has 11 heavy (non-hydrogen) atoms. The quantitative estimate of drug-likeness (QED) is 0.573. The van der Waals surface area contributed by atoms with E-state index in [9.17, 15) is 4.39 Å². The number of ether oxygens (including phenoxy) is 1. The summed E-state index contributed by atoms with van der Waals surface area (Å²) in [7, 11) is 2.17. The monoisotopic (exact) mass is 152 g/mol. The maximum atomic E-state index is 13.1. The summed E-state index contributed by atoms with van der Waals surface area (Å²) in [4.78, 5) is 0. The fourth-order valence-corrected chi connectivity index (χ4v) is 0.987. The summed E-state index contributed by atoms with van der Waals surface area (Å²) in [5.74, 6) is 0.0850. The van der Waals surface area contributed by atoms with Crippen molar-refractivity contribution in [3.05, 3.63) is 24.0 Å². The molecule has 0 unspecified atom stereocenters. The normalized spacial score (nSPS) is 9.36. The molecule has 0 radical (unpaired) electrons. The molecule has 0 N–H and O–H groups in total. The van der Waals surface area contributed by atoms with Crippen LogP contribution < -0.4 is 10.2 Å². The lowest BCUT2D eigenvalue weighted by Crippen LogP contribution is -2.15. The first-order valence-corrected chi connectivity index (χ1v) is 3.61. The highest BCUT2D eigenvalue weighted by Crippen LogP contribution is 2.12. The van der Waals surface area contributed by atoms with Gasteiger partial charge in [-0.15, -0.1) is 0 Å². The Hall–Kier alpha value is -0.985. The second kappa shape index (κ2) is 3.42. The number of benzene rings is 1. The van der Waals surface area contributed by atoms with E-state index in [1.54, 1.807) is 18.2 Å². The summed E-state index contributed by atoms with van der Waals surface area (Å²) in [6.45, 7) is 1.91. The van der Waals surface area contributed by atoms with Crippen molar-refractivity contribution in [2.45, 2.75) is 6.82 Å². The van der Waals surface area contributed by atoms with Crippen molar-refractivity contribution in [1.29, 1.82) is 0 Å². The fourth-order valence-electron chi connectivity index (χ4n) is 0.987. The fraction of sp³-hybridized carbons (Fsp3) is 0.250. The lowest BCUT2D eigenvalue weighted by atomic mass is 9.73. The first-order valence-electron chi connectivity index (χ1n) is 3.61. The van der Waals surface area contributed by atoms with Gasteiger partial charge >= 0.3 is 0 Å². The topological polar surface area (TPSA) is 9.23 Å². The Labute approximate surface area is 66.4 Å². The van der Waals surface area contributed by atoms with Crippen LogP contribution >= 0.6 is 0 Å². The van der Waals surface area contributed by atoms with Gasteiger partial charge in [-0.2, -0.15) is 0 Å². The smallest absolute Gasteiger partial charge is 0.159 e. The predicted octanol–water partition coefficient (Wildman–Crippen LogP) is 0.944. The first kappa shape index (κ1) is 8.11. The van der Waals surface area contributed by atoms with Crippen LogP contribution in [0.25, 0.3) is 0 Å². The van der Waals surface area contributed by atoms with E-state index in [0.717, 1.165) is 0 Å². The molecule has 1 aromatic carbocycles. The molecular weight excluding hydrogens is 142 g/mol. The third kappa shape index (κ3) is 1.53. The predicted molar refractivity (Wildman–Crippen MR) is 45.6 cm³/mol. The van der Waals surface area contributed by atoms with Gasteiger partial charge in [-0.25, -0.2) is 4.39 Å². The maximum absolute atomic E-state index is 13.1. The Bertz CT molecular complexity index is 228. The lowest BCUT2D eigenvalue weighted by molar-refractivity contribution is 0.388. The van der Waals surface area contributed by atoms with Crippen LogP contribution in [0, 0.1) is 5.82 Å². The molecule has 0 saturated heterocycles. The van der Waals surface area contributed by atoms with E-state index >= 15 is 0 Å². The Morgan fingerprint density at radius 3 is 2.73 bits per heavy atom. The summed E-state index contributed by atoms with van der Waals surface area (Å²) in [6.07, 6.45) is 0. The average molecular weight is 152 g/mol. The van der Waals surface area contributed by atoms with Gasteiger partial charge in [0.1, 0.15) is 0 Å². The van der Waals surface area contributed by atoms with Gasteiger partial charge < -0.3 is 4.74 Å². The van der Waals surface area contributed by atoms with Crippen molar-refractivity contribution < 1.29 is 9.13 Å². The number of hydrogen-bond acceptors (Lipinski definition) is 1. The largest absolute Gasteiger partial charge is 0.494 e. The van der Waals surface area contributed by atoms with Crippen LogP contribution in [0.4, 0.5) is 4.39 Å². The minimum absolute atomic E-state index is 0.238. The van der Waals surface area contributed by atoms with E-state index in [4.69, 9.17) is 4.74 Å². The Kier molecular flexibility index (Phi) is 2.52. The third-order valence-electron chi connectivity index (χ3n) is 1.64. The first-order chi connectivity index (χ1) is 5.29. The Morgan fingerprint density at radius 2 is 2.18 bits per heavy atom. The molecule has 1 nitrogen and oxygen atoms in total. The molecule has 58 valence electrons.